The molecule has 1 aromatic rings. The van der Waals surface area contributed by atoms with Crippen LogP contribution in [0.2, 0.25) is 0 Å². The van der Waals surface area contributed by atoms with E-state index < -0.39 is 0 Å². The number of rotatable bonds is 9. The third-order valence-electron chi connectivity index (χ3n) is 4.02. The Labute approximate surface area is 153 Å². The van der Waals surface area contributed by atoms with Crippen LogP contribution >= 0.6 is 0 Å². The lowest BCUT2D eigenvalue weighted by Gasteiger charge is -2.21. The number of hydrogen-bond acceptors (Lipinski definition) is 7. The molecule has 1 aliphatic rings. The summed E-state index contributed by atoms with van der Waals surface area (Å²) in [5.41, 5.74) is 1.89. The second-order valence-electron chi connectivity index (χ2n) is 6.05. The molecule has 0 bridgehead atoms. The molecule has 0 radical (unpaired) electrons. The zero-order valence-corrected chi connectivity index (χ0v) is 15.7. The average molecular weight is 365 g/mol. The first-order chi connectivity index (χ1) is 12.5. The second-order valence-corrected chi connectivity index (χ2v) is 6.05. The van der Waals surface area contributed by atoms with Crippen molar-refractivity contribution in [3.63, 3.8) is 0 Å². The van der Waals surface area contributed by atoms with E-state index in [1.54, 1.807) is 26.2 Å². The summed E-state index contributed by atoms with van der Waals surface area (Å²) in [6.45, 7) is 6.21. The lowest BCUT2D eigenvalue weighted by molar-refractivity contribution is -0.297. The molecule has 2 unspecified atom stereocenters. The minimum absolute atomic E-state index is 0.0247. The van der Waals surface area contributed by atoms with Gasteiger partial charge in [-0.25, -0.2) is 9.78 Å². The molecule has 0 amide bonds. The Hall–Kier alpha value is -2.16. The molecule has 0 aromatic carbocycles. The van der Waals surface area contributed by atoms with Gasteiger partial charge in [0.1, 0.15) is 22.9 Å². The third kappa shape index (κ3) is 4.72. The molecule has 0 saturated heterocycles. The number of aromatic nitrogens is 3. The van der Waals surface area contributed by atoms with Crippen LogP contribution in [0.3, 0.4) is 0 Å². The summed E-state index contributed by atoms with van der Waals surface area (Å²) in [6, 6.07) is 0. The number of aliphatic hydroxyl groups excluding tert-OH is 2. The van der Waals surface area contributed by atoms with Crippen LogP contribution < -0.4 is 0 Å². The number of fused-ring (bicyclic) bond motifs is 1. The van der Waals surface area contributed by atoms with Crippen LogP contribution in [-0.4, -0.2) is 52.1 Å². The Balaban J connectivity index is 2.32. The van der Waals surface area contributed by atoms with Gasteiger partial charge in [0.2, 0.25) is 0 Å². The molecular weight excluding hydrogens is 338 g/mol. The Morgan fingerprint density at radius 2 is 2.19 bits per heavy atom. The van der Waals surface area contributed by atoms with E-state index in [0.29, 0.717) is 31.0 Å². The quantitative estimate of drug-likeness (QED) is 0.228. The van der Waals surface area contributed by atoms with Gasteiger partial charge in [0.25, 0.3) is 0 Å². The maximum Gasteiger partial charge on any atom is 0.138 e. The highest BCUT2D eigenvalue weighted by molar-refractivity contribution is 5.61. The largest absolute Gasteiger partial charge is 0.506 e. The van der Waals surface area contributed by atoms with E-state index in [0.717, 1.165) is 11.5 Å². The lowest BCUT2D eigenvalue weighted by Crippen LogP contribution is -2.20. The summed E-state index contributed by atoms with van der Waals surface area (Å²) in [6.07, 6.45) is 5.70. The summed E-state index contributed by atoms with van der Waals surface area (Å²) >= 11 is 0. The molecule has 0 fully saturated rings. The summed E-state index contributed by atoms with van der Waals surface area (Å²) in [7, 11) is 1.61. The third-order valence-corrected chi connectivity index (χ3v) is 4.02. The van der Waals surface area contributed by atoms with Gasteiger partial charge in [0, 0.05) is 25.0 Å². The smallest absolute Gasteiger partial charge is 0.138 e. The molecule has 0 aliphatic heterocycles. The molecule has 2 N–H and O–H groups in total. The fourth-order valence-electron chi connectivity index (χ4n) is 2.60. The van der Waals surface area contributed by atoms with Crippen molar-refractivity contribution >= 4 is 11.8 Å². The molecule has 26 heavy (non-hydrogen) atoms. The molecule has 0 saturated carbocycles. The molecule has 8 heteroatoms. The average Bonchev–Trinajstić information content (AvgIpc) is 3.07. The molecular formula is C18H27N3O5. The van der Waals surface area contributed by atoms with Gasteiger partial charge in [0.05, 0.1) is 26.0 Å². The summed E-state index contributed by atoms with van der Waals surface area (Å²) in [4.78, 5) is 11.5. The number of methoxy groups -OCH3 is 1. The van der Waals surface area contributed by atoms with E-state index in [-0.39, 0.29) is 24.2 Å². The van der Waals surface area contributed by atoms with E-state index in [9.17, 15) is 10.2 Å². The zero-order chi connectivity index (χ0) is 19.1. The Morgan fingerprint density at radius 3 is 2.81 bits per heavy atom. The van der Waals surface area contributed by atoms with Gasteiger partial charge in [-0.3, -0.25) is 0 Å². The molecule has 2 atom stereocenters. The summed E-state index contributed by atoms with van der Waals surface area (Å²) in [5, 5.41) is 28.5. The lowest BCUT2D eigenvalue weighted by atomic mass is 9.95. The highest BCUT2D eigenvalue weighted by atomic mass is 17.2. The molecule has 1 aromatic heterocycles. The highest BCUT2D eigenvalue weighted by Gasteiger charge is 2.27. The first-order valence-corrected chi connectivity index (χ1v) is 8.68. The van der Waals surface area contributed by atoms with Crippen molar-refractivity contribution in [2.24, 2.45) is 11.8 Å². The number of allylic oxidation sites excluding steroid dienone is 2. The van der Waals surface area contributed by atoms with Gasteiger partial charge < -0.3 is 14.9 Å². The molecule has 2 rings (SSSR count). The fourth-order valence-corrected chi connectivity index (χ4v) is 2.60. The number of aliphatic hydroxyl groups is 2. The first-order valence-electron chi connectivity index (χ1n) is 8.68. The summed E-state index contributed by atoms with van der Waals surface area (Å²) in [5.74, 6) is 0.620. The summed E-state index contributed by atoms with van der Waals surface area (Å²) < 4.78 is 5.45. The predicted molar refractivity (Wildman–Crippen MR) is 96.7 cm³/mol. The van der Waals surface area contributed by atoms with Crippen LogP contribution in [0.15, 0.2) is 23.7 Å². The minimum Gasteiger partial charge on any atom is -0.506 e. The van der Waals surface area contributed by atoms with E-state index in [2.05, 4.69) is 10.2 Å². The molecule has 0 spiro atoms. The van der Waals surface area contributed by atoms with Crippen LogP contribution in [-0.2, 0) is 20.9 Å². The van der Waals surface area contributed by atoms with Crippen molar-refractivity contribution < 1.29 is 24.7 Å². The zero-order valence-electron chi connectivity index (χ0n) is 15.7. The Kier molecular flexibility index (Phi) is 7.38. The minimum atomic E-state index is -0.146. The van der Waals surface area contributed by atoms with Gasteiger partial charge in [-0.15, -0.1) is 9.90 Å². The van der Waals surface area contributed by atoms with E-state index in [4.69, 9.17) is 14.5 Å². The Bertz CT molecular complexity index is 693. The van der Waals surface area contributed by atoms with Crippen LogP contribution in [0.5, 0.6) is 0 Å². The topological polar surface area (TPSA) is 98.9 Å². The van der Waals surface area contributed by atoms with Gasteiger partial charge in [-0.1, -0.05) is 6.92 Å². The molecule has 1 heterocycles. The standard InChI is InChI=1S/C18H27N3O5/c1-5-17(23)16(7-12(3)10-22)21-19-14-8-13(11-26-25-6-2)18(24-4)9-15(14)20-21/h5,7,9,12-13,22-23H,6,8,10-11H2,1-4H3/b16-7+,17-5+. The highest BCUT2D eigenvalue weighted by Crippen LogP contribution is 2.28. The second kappa shape index (κ2) is 9.51. The van der Waals surface area contributed by atoms with Gasteiger partial charge >= 0.3 is 0 Å². The fraction of sp³-hybridized carbons (Fsp3) is 0.556. The SMILES string of the molecule is C/C=C(O)\C(=C/C(C)CO)n1nc2c(n1)CC(COOCC)C(OC)=C2. The normalized spacial score (nSPS) is 19.1. The number of ether oxygens (including phenoxy) is 1. The Morgan fingerprint density at radius 1 is 1.42 bits per heavy atom. The van der Waals surface area contributed by atoms with Crippen molar-refractivity contribution in [2.45, 2.75) is 27.2 Å². The van der Waals surface area contributed by atoms with Crippen molar-refractivity contribution in [3.8, 4) is 0 Å². The van der Waals surface area contributed by atoms with Crippen LogP contribution in [0.1, 0.15) is 32.2 Å². The van der Waals surface area contributed by atoms with Crippen molar-refractivity contribution in [1.29, 1.82) is 0 Å². The van der Waals surface area contributed by atoms with Crippen LogP contribution in [0.25, 0.3) is 11.8 Å². The maximum atomic E-state index is 10.2. The number of hydrogen-bond donors (Lipinski definition) is 2. The van der Waals surface area contributed by atoms with Gasteiger partial charge in [-0.05, 0) is 31.9 Å². The van der Waals surface area contributed by atoms with Crippen molar-refractivity contribution in [2.75, 3.05) is 26.9 Å². The van der Waals surface area contributed by atoms with Crippen LogP contribution in [0, 0.1) is 11.8 Å². The maximum absolute atomic E-state index is 10.2. The van der Waals surface area contributed by atoms with E-state index >= 15 is 0 Å². The number of nitrogens with zero attached hydrogens (tertiary/aromatic N) is 3. The molecule has 1 aliphatic carbocycles. The van der Waals surface area contributed by atoms with Crippen LogP contribution in [0.4, 0.5) is 0 Å². The van der Waals surface area contributed by atoms with Gasteiger partial charge in [-0.2, -0.15) is 5.10 Å². The van der Waals surface area contributed by atoms with Crippen molar-refractivity contribution in [3.05, 3.63) is 35.1 Å². The van der Waals surface area contributed by atoms with E-state index in [1.165, 1.54) is 4.80 Å². The predicted octanol–water partition coefficient (Wildman–Crippen LogP) is 2.34. The first kappa shape index (κ1) is 20.2. The van der Waals surface area contributed by atoms with E-state index in [1.807, 2.05) is 19.9 Å². The monoisotopic (exact) mass is 365 g/mol. The van der Waals surface area contributed by atoms with Crippen molar-refractivity contribution in [1.82, 2.24) is 15.0 Å². The van der Waals surface area contributed by atoms with Gasteiger partial charge in [0.15, 0.2) is 0 Å². The molecule has 8 nitrogen and oxygen atoms in total. The molecule has 144 valence electrons.